The molecule has 1 heterocycles. The molecule has 1 atom stereocenters. The molecule has 2 rings (SSSR count). The van der Waals surface area contributed by atoms with Crippen LogP contribution >= 0.6 is 0 Å². The standard InChI is InChI=1S/C18H23N3O3/c1-4-23-11-12-24-17-8-6-5-7-15(17)18(22)21(3)14(2)16-9-10-19-13-20-16/h5-10,13-14H,4,11-12H2,1-3H3/t14-/m0/s1. The molecule has 6 nitrogen and oxygen atoms in total. The number of nitrogens with zero attached hydrogens (tertiary/aromatic N) is 3. The molecule has 0 N–H and O–H groups in total. The number of rotatable bonds is 8. The van der Waals surface area contributed by atoms with Crippen LogP contribution in [0.25, 0.3) is 0 Å². The summed E-state index contributed by atoms with van der Waals surface area (Å²) in [5, 5.41) is 0. The molecule has 0 saturated heterocycles. The Kier molecular flexibility index (Phi) is 6.69. The van der Waals surface area contributed by atoms with Gasteiger partial charge >= 0.3 is 0 Å². The second kappa shape index (κ2) is 8.98. The van der Waals surface area contributed by atoms with Gasteiger partial charge in [0.15, 0.2) is 0 Å². The summed E-state index contributed by atoms with van der Waals surface area (Å²) in [4.78, 5) is 22.6. The van der Waals surface area contributed by atoms with Gasteiger partial charge in [0.05, 0.1) is 23.9 Å². The highest BCUT2D eigenvalue weighted by Gasteiger charge is 2.22. The van der Waals surface area contributed by atoms with Crippen molar-refractivity contribution in [2.24, 2.45) is 0 Å². The average molecular weight is 329 g/mol. The maximum atomic E-state index is 12.8. The minimum absolute atomic E-state index is 0.117. The molecule has 24 heavy (non-hydrogen) atoms. The molecular weight excluding hydrogens is 306 g/mol. The highest BCUT2D eigenvalue weighted by molar-refractivity contribution is 5.97. The van der Waals surface area contributed by atoms with Crippen molar-refractivity contribution < 1.29 is 14.3 Å². The number of carbonyl (C=O) groups is 1. The number of hydrogen-bond donors (Lipinski definition) is 0. The average Bonchev–Trinajstić information content (AvgIpc) is 2.64. The van der Waals surface area contributed by atoms with E-state index in [4.69, 9.17) is 9.47 Å². The summed E-state index contributed by atoms with van der Waals surface area (Å²) in [6.07, 6.45) is 3.15. The van der Waals surface area contributed by atoms with Crippen LogP contribution in [-0.2, 0) is 4.74 Å². The number of benzene rings is 1. The number of carbonyl (C=O) groups excluding carboxylic acids is 1. The van der Waals surface area contributed by atoms with Gasteiger partial charge in [-0.05, 0) is 32.0 Å². The quantitative estimate of drug-likeness (QED) is 0.697. The van der Waals surface area contributed by atoms with Crippen LogP contribution in [0.2, 0.25) is 0 Å². The third-order valence-corrected chi connectivity index (χ3v) is 3.74. The summed E-state index contributed by atoms with van der Waals surface area (Å²) < 4.78 is 11.0. The topological polar surface area (TPSA) is 64.6 Å². The molecule has 128 valence electrons. The summed E-state index contributed by atoms with van der Waals surface area (Å²) in [5.74, 6) is 0.442. The Bertz CT molecular complexity index is 649. The number of para-hydroxylation sites is 1. The van der Waals surface area contributed by atoms with E-state index in [9.17, 15) is 4.79 Å². The molecule has 0 aliphatic carbocycles. The molecule has 0 spiro atoms. The van der Waals surface area contributed by atoms with Crippen LogP contribution in [0.15, 0.2) is 42.9 Å². The summed E-state index contributed by atoms with van der Waals surface area (Å²) in [6.45, 7) is 5.40. The molecule has 1 aromatic carbocycles. The number of amides is 1. The van der Waals surface area contributed by atoms with Crippen LogP contribution < -0.4 is 4.74 Å². The normalized spacial score (nSPS) is 11.8. The third kappa shape index (κ3) is 4.52. The van der Waals surface area contributed by atoms with E-state index in [2.05, 4.69) is 9.97 Å². The number of aromatic nitrogens is 2. The zero-order chi connectivity index (χ0) is 17.4. The fourth-order valence-electron chi connectivity index (χ4n) is 2.24. The molecule has 0 saturated carbocycles. The molecule has 6 heteroatoms. The lowest BCUT2D eigenvalue weighted by atomic mass is 10.1. The van der Waals surface area contributed by atoms with Crippen LogP contribution in [0.5, 0.6) is 5.75 Å². The minimum atomic E-state index is -0.169. The van der Waals surface area contributed by atoms with Crippen LogP contribution in [0.4, 0.5) is 0 Å². The van der Waals surface area contributed by atoms with Gasteiger partial charge in [0, 0.05) is 19.9 Å². The first-order valence-corrected chi connectivity index (χ1v) is 7.97. The van der Waals surface area contributed by atoms with Gasteiger partial charge in [-0.15, -0.1) is 0 Å². The lowest BCUT2D eigenvalue weighted by molar-refractivity contribution is 0.0729. The Morgan fingerprint density at radius 1 is 1.25 bits per heavy atom. The number of ether oxygens (including phenoxy) is 2. The monoisotopic (exact) mass is 329 g/mol. The smallest absolute Gasteiger partial charge is 0.257 e. The fraction of sp³-hybridized carbons (Fsp3) is 0.389. The molecule has 1 amide bonds. The molecule has 0 unspecified atom stereocenters. The SMILES string of the molecule is CCOCCOc1ccccc1C(=O)N(C)[C@@H](C)c1ccncn1. The van der Waals surface area contributed by atoms with Gasteiger partial charge in [-0.25, -0.2) is 9.97 Å². The van der Waals surface area contributed by atoms with Crippen LogP contribution in [-0.4, -0.2) is 47.6 Å². The van der Waals surface area contributed by atoms with Crippen molar-refractivity contribution in [2.75, 3.05) is 26.9 Å². The second-order valence-electron chi connectivity index (χ2n) is 5.27. The van der Waals surface area contributed by atoms with E-state index < -0.39 is 0 Å². The lowest BCUT2D eigenvalue weighted by Gasteiger charge is -2.25. The van der Waals surface area contributed by atoms with E-state index in [0.29, 0.717) is 31.1 Å². The first-order chi connectivity index (χ1) is 11.6. The Morgan fingerprint density at radius 3 is 2.75 bits per heavy atom. The molecule has 1 aromatic heterocycles. The van der Waals surface area contributed by atoms with Gasteiger partial charge in [-0.3, -0.25) is 4.79 Å². The van der Waals surface area contributed by atoms with E-state index in [-0.39, 0.29) is 11.9 Å². The van der Waals surface area contributed by atoms with Crippen LogP contribution in [0.3, 0.4) is 0 Å². The summed E-state index contributed by atoms with van der Waals surface area (Å²) >= 11 is 0. The van der Waals surface area contributed by atoms with E-state index in [1.165, 1.54) is 6.33 Å². The van der Waals surface area contributed by atoms with Gasteiger partial charge in [-0.1, -0.05) is 12.1 Å². The third-order valence-electron chi connectivity index (χ3n) is 3.74. The first-order valence-electron chi connectivity index (χ1n) is 7.97. The summed E-state index contributed by atoms with van der Waals surface area (Å²) in [6, 6.07) is 8.87. The van der Waals surface area contributed by atoms with Crippen LogP contribution in [0, 0.1) is 0 Å². The maximum Gasteiger partial charge on any atom is 0.257 e. The van der Waals surface area contributed by atoms with Gasteiger partial charge in [0.1, 0.15) is 18.7 Å². The molecular formula is C18H23N3O3. The van der Waals surface area contributed by atoms with Crippen molar-refractivity contribution in [2.45, 2.75) is 19.9 Å². The lowest BCUT2D eigenvalue weighted by Crippen LogP contribution is -2.30. The fourth-order valence-corrected chi connectivity index (χ4v) is 2.24. The predicted octanol–water partition coefficient (Wildman–Crippen LogP) is 2.73. The molecule has 2 aromatic rings. The first kappa shape index (κ1) is 17.9. The van der Waals surface area contributed by atoms with Crippen molar-refractivity contribution in [3.05, 3.63) is 54.1 Å². The summed E-state index contributed by atoms with van der Waals surface area (Å²) in [5.41, 5.74) is 1.31. The Labute approximate surface area is 142 Å². The second-order valence-corrected chi connectivity index (χ2v) is 5.27. The van der Waals surface area contributed by atoms with Crippen LogP contribution in [0.1, 0.15) is 35.9 Å². The molecule has 0 bridgehead atoms. The van der Waals surface area contributed by atoms with Crippen molar-refractivity contribution in [3.63, 3.8) is 0 Å². The summed E-state index contributed by atoms with van der Waals surface area (Å²) in [7, 11) is 1.76. The zero-order valence-electron chi connectivity index (χ0n) is 14.3. The highest BCUT2D eigenvalue weighted by Crippen LogP contribution is 2.24. The van der Waals surface area contributed by atoms with Gasteiger partial charge in [-0.2, -0.15) is 0 Å². The predicted molar refractivity (Wildman–Crippen MR) is 91.0 cm³/mol. The van der Waals surface area contributed by atoms with E-state index in [1.54, 1.807) is 36.3 Å². The Morgan fingerprint density at radius 2 is 2.04 bits per heavy atom. The Balaban J connectivity index is 2.11. The largest absolute Gasteiger partial charge is 0.490 e. The van der Waals surface area contributed by atoms with E-state index in [0.717, 1.165) is 5.69 Å². The Hall–Kier alpha value is -2.47. The minimum Gasteiger partial charge on any atom is -0.490 e. The van der Waals surface area contributed by atoms with Gasteiger partial charge in [0.2, 0.25) is 0 Å². The van der Waals surface area contributed by atoms with Crippen molar-refractivity contribution >= 4 is 5.91 Å². The molecule has 0 aliphatic heterocycles. The number of hydrogen-bond acceptors (Lipinski definition) is 5. The van der Waals surface area contributed by atoms with Crippen molar-refractivity contribution in [3.8, 4) is 5.75 Å². The zero-order valence-corrected chi connectivity index (χ0v) is 14.3. The van der Waals surface area contributed by atoms with Crippen molar-refractivity contribution in [1.29, 1.82) is 0 Å². The highest BCUT2D eigenvalue weighted by atomic mass is 16.5. The molecule has 0 radical (unpaired) electrons. The van der Waals surface area contributed by atoms with Gasteiger partial charge < -0.3 is 14.4 Å². The van der Waals surface area contributed by atoms with Gasteiger partial charge in [0.25, 0.3) is 5.91 Å². The van der Waals surface area contributed by atoms with E-state index in [1.807, 2.05) is 26.0 Å². The molecule has 0 fully saturated rings. The van der Waals surface area contributed by atoms with Crippen molar-refractivity contribution in [1.82, 2.24) is 14.9 Å². The maximum absolute atomic E-state index is 12.8. The molecule has 0 aliphatic rings. The van der Waals surface area contributed by atoms with E-state index >= 15 is 0 Å².